The van der Waals surface area contributed by atoms with Crippen molar-refractivity contribution >= 4 is 40.9 Å². The van der Waals surface area contributed by atoms with E-state index in [0.717, 1.165) is 0 Å². The van der Waals surface area contributed by atoms with Crippen LogP contribution in [-0.4, -0.2) is 79.2 Å². The molecule has 1 saturated heterocycles. The van der Waals surface area contributed by atoms with Crippen LogP contribution >= 0.6 is 23.8 Å². The van der Waals surface area contributed by atoms with Gasteiger partial charge < -0.3 is 0 Å². The molecule has 3 rings (SSSR count). The molecule has 1 fully saturated rings. The number of aromatic nitrogens is 4. The van der Waals surface area contributed by atoms with Crippen LogP contribution in [0.15, 0.2) is 6.33 Å². The fourth-order valence-corrected chi connectivity index (χ4v) is 6.35. The summed E-state index contributed by atoms with van der Waals surface area (Å²) < 4.78 is 42.0. The number of anilines is 1. The number of nitrogen functional groups attached to an aromatic ring is 1. The number of hydrogen-bond acceptors (Lipinski definition) is 14. The minimum absolute atomic E-state index is 0.0208. The van der Waals surface area contributed by atoms with E-state index in [1.54, 1.807) is 0 Å². The van der Waals surface area contributed by atoms with E-state index in [-0.39, 0.29) is 17.1 Å². The molecule has 2 aromatic heterocycles. The SMILES string of the molecule is C[n+]1cn([C@@H]2O[C@H](CO[PH](O)(O)OP(=O)(O)OP(=O)(O)O)C(O)[C@@H]2O)c2nc(N)nc(O)c21. The second-order valence-corrected chi connectivity index (χ2v) is 11.4. The minimum atomic E-state index is -5.65. The fraction of sp³-hybridized carbons (Fsp3) is 0.545. The van der Waals surface area contributed by atoms with Gasteiger partial charge in [0, 0.05) is 0 Å². The molecule has 2 aromatic rings. The van der Waals surface area contributed by atoms with Crippen molar-refractivity contribution in [3.05, 3.63) is 6.33 Å². The second kappa shape index (κ2) is 8.99. The number of aromatic hydroxyl groups is 1. The third-order valence-corrected chi connectivity index (χ3v) is 8.34. The van der Waals surface area contributed by atoms with Gasteiger partial charge in [0.15, 0.2) is 0 Å². The molecule has 3 heterocycles. The number of nitrogens with two attached hydrogens (primary N) is 1. The predicted octanol–water partition coefficient (Wildman–Crippen LogP) is -3.20. The van der Waals surface area contributed by atoms with Gasteiger partial charge in [-0.05, 0) is 0 Å². The van der Waals surface area contributed by atoms with Crippen molar-refractivity contribution in [2.75, 3.05) is 12.3 Å². The number of aliphatic hydroxyl groups is 2. The van der Waals surface area contributed by atoms with E-state index < -0.39 is 60.8 Å². The second-order valence-electron chi connectivity index (χ2n) is 6.75. The molecule has 10 N–H and O–H groups in total. The van der Waals surface area contributed by atoms with E-state index >= 15 is 0 Å². The molecule has 1 aliphatic heterocycles. The molecule has 0 bridgehead atoms. The third-order valence-electron chi connectivity index (χ3n) is 4.25. The number of rotatable bonds is 8. The molecule has 0 aromatic carbocycles. The van der Waals surface area contributed by atoms with Crippen molar-refractivity contribution < 1.29 is 71.4 Å². The number of ether oxygens (including phenoxy) is 1. The summed E-state index contributed by atoms with van der Waals surface area (Å²) >= 11 is 0. The predicted molar refractivity (Wildman–Crippen MR) is 103 cm³/mol. The molecule has 0 aliphatic carbocycles. The van der Waals surface area contributed by atoms with Crippen molar-refractivity contribution in [1.29, 1.82) is 0 Å². The van der Waals surface area contributed by atoms with Crippen LogP contribution in [0.1, 0.15) is 6.23 Å². The Morgan fingerprint density at radius 2 is 1.88 bits per heavy atom. The number of imidazole rings is 1. The topological polar surface area (TPSA) is 294 Å². The van der Waals surface area contributed by atoms with Crippen molar-refractivity contribution in [2.24, 2.45) is 7.05 Å². The van der Waals surface area contributed by atoms with Crippen LogP contribution in [0.3, 0.4) is 0 Å². The maximum atomic E-state index is 11.5. The van der Waals surface area contributed by atoms with Crippen LogP contribution in [-0.2, 0) is 34.1 Å². The molecule has 19 nitrogen and oxygen atoms in total. The van der Waals surface area contributed by atoms with Crippen LogP contribution in [0.25, 0.3) is 11.2 Å². The van der Waals surface area contributed by atoms with Gasteiger partial charge in [-0.1, -0.05) is 0 Å². The molecule has 5 atom stereocenters. The van der Waals surface area contributed by atoms with Gasteiger partial charge in [0.1, 0.15) is 0 Å². The summed E-state index contributed by atoms with van der Waals surface area (Å²) in [6.07, 6.45) is -4.80. The molecule has 1 aliphatic rings. The van der Waals surface area contributed by atoms with Gasteiger partial charge in [-0.15, -0.1) is 0 Å². The van der Waals surface area contributed by atoms with Crippen molar-refractivity contribution in [2.45, 2.75) is 24.5 Å². The first kappa shape index (κ1) is 26.2. The van der Waals surface area contributed by atoms with Crippen LogP contribution in [0, 0.1) is 0 Å². The zero-order valence-electron chi connectivity index (χ0n) is 16.4. The van der Waals surface area contributed by atoms with E-state index in [1.807, 2.05) is 0 Å². The molecule has 33 heavy (non-hydrogen) atoms. The zero-order chi connectivity index (χ0) is 24.9. The number of hydrogen-bond donors (Lipinski definition) is 9. The summed E-state index contributed by atoms with van der Waals surface area (Å²) in [7, 11) is -15.2. The van der Waals surface area contributed by atoms with Gasteiger partial charge in [0.25, 0.3) is 0 Å². The van der Waals surface area contributed by atoms with Crippen LogP contribution < -0.4 is 10.3 Å². The van der Waals surface area contributed by atoms with Gasteiger partial charge in [-0.25, -0.2) is 0 Å². The fourth-order valence-electron chi connectivity index (χ4n) is 3.04. The molecular weight excluding hydrogens is 519 g/mol. The van der Waals surface area contributed by atoms with E-state index in [1.165, 1.54) is 22.5 Å². The number of aliphatic hydroxyl groups excluding tert-OH is 2. The van der Waals surface area contributed by atoms with E-state index in [9.17, 15) is 39.1 Å². The Bertz CT molecular complexity index is 1140. The van der Waals surface area contributed by atoms with Gasteiger partial charge >= 0.3 is 183 Å². The van der Waals surface area contributed by atoms with Crippen molar-refractivity contribution in [3.63, 3.8) is 0 Å². The molecule has 0 spiro atoms. The molecule has 0 radical (unpaired) electrons. The first-order chi connectivity index (χ1) is 15.0. The summed E-state index contributed by atoms with van der Waals surface area (Å²) in [6, 6.07) is 0. The van der Waals surface area contributed by atoms with Crippen LogP contribution in [0.4, 0.5) is 5.95 Å². The normalized spacial score (nSPS) is 26.5. The molecule has 0 amide bonds. The molecule has 22 heteroatoms. The zero-order valence-corrected chi connectivity index (χ0v) is 19.2. The Balaban J connectivity index is 1.75. The average Bonchev–Trinajstić information content (AvgIpc) is 3.07. The standard InChI is InChI=1S/C11H20N5O14P3/c1-15-3-16(8-5(15)9(19)14-11(12)13-8)10-7(18)6(17)4(28-10)2-27-32(23,24)30-33(25,26)29-31(20,21)22/h3-4,6-7,10,17-18,23-24,32H,2H2,1H3,(H5-,12,13,14,19,20,21,22,25,26)/p+1/t4-,6?,7+,10-/m1/s1. The quantitative estimate of drug-likeness (QED) is 0.118. The van der Waals surface area contributed by atoms with Gasteiger partial charge in [-0.3, -0.25) is 0 Å². The third kappa shape index (κ3) is 6.00. The Labute approximate surface area is 183 Å². The Kier molecular flexibility index (Phi) is 7.14. The summed E-state index contributed by atoms with van der Waals surface area (Å²) in [5, 5.41) is 30.6. The number of phosphoric acid groups is 2. The van der Waals surface area contributed by atoms with E-state index in [2.05, 4.69) is 23.1 Å². The molecular formula is C11H21N5O14P3+. The number of nitrogens with zero attached hydrogens (tertiary/aromatic N) is 4. The maximum absolute atomic E-state index is 11.5. The molecule has 188 valence electrons. The Morgan fingerprint density at radius 3 is 2.48 bits per heavy atom. The van der Waals surface area contributed by atoms with Crippen molar-refractivity contribution in [3.8, 4) is 5.88 Å². The van der Waals surface area contributed by atoms with Gasteiger partial charge in [-0.2, -0.15) is 0 Å². The summed E-state index contributed by atoms with van der Waals surface area (Å²) in [5.41, 5.74) is 5.67. The Morgan fingerprint density at radius 1 is 1.24 bits per heavy atom. The van der Waals surface area contributed by atoms with Crippen LogP contribution in [0.5, 0.6) is 5.88 Å². The first-order valence-electron chi connectivity index (χ1n) is 8.63. The average molecular weight is 540 g/mol. The van der Waals surface area contributed by atoms with Crippen molar-refractivity contribution in [1.82, 2.24) is 14.5 Å². The van der Waals surface area contributed by atoms with Crippen LogP contribution in [0.2, 0.25) is 0 Å². The first-order valence-corrected chi connectivity index (χ1v) is 13.4. The molecule has 2 unspecified atom stereocenters. The monoisotopic (exact) mass is 540 g/mol. The summed E-state index contributed by atoms with van der Waals surface area (Å²) in [4.78, 5) is 53.2. The summed E-state index contributed by atoms with van der Waals surface area (Å²) in [6.45, 7) is -0.919. The number of aryl methyl sites for hydroxylation is 1. The van der Waals surface area contributed by atoms with Gasteiger partial charge in [0.05, 0.1) is 0 Å². The summed E-state index contributed by atoms with van der Waals surface area (Å²) in [5.74, 6) is -0.765. The van der Waals surface area contributed by atoms with Gasteiger partial charge in [0.2, 0.25) is 0 Å². The van der Waals surface area contributed by atoms with E-state index in [0.29, 0.717) is 0 Å². The molecule has 0 saturated carbocycles. The number of fused-ring (bicyclic) bond motifs is 1. The van der Waals surface area contributed by atoms with E-state index in [4.69, 9.17) is 20.3 Å². The Hall–Kier alpha value is -1.40.